The van der Waals surface area contributed by atoms with Crippen molar-refractivity contribution in [2.45, 2.75) is 39.2 Å². The monoisotopic (exact) mass is 315 g/mol. The molecule has 1 heterocycles. The van der Waals surface area contributed by atoms with E-state index in [0.29, 0.717) is 12.0 Å². The number of nitrogens with one attached hydrogen (secondary N) is 1. The van der Waals surface area contributed by atoms with Crippen molar-refractivity contribution < 1.29 is 14.7 Å². The van der Waals surface area contributed by atoms with Gasteiger partial charge in [-0.3, -0.25) is 4.79 Å². The predicted octanol–water partition coefficient (Wildman–Crippen LogP) is 2.55. The lowest BCUT2D eigenvalue weighted by molar-refractivity contribution is -0.139. The van der Waals surface area contributed by atoms with E-state index in [2.05, 4.69) is 10.4 Å². The van der Waals surface area contributed by atoms with Gasteiger partial charge in [0.1, 0.15) is 6.04 Å². The number of nitrogens with zero attached hydrogens (tertiary/aromatic N) is 2. The summed E-state index contributed by atoms with van der Waals surface area (Å²) < 4.78 is 1.77. The van der Waals surface area contributed by atoms with Crippen LogP contribution in [0.5, 0.6) is 0 Å². The molecule has 122 valence electrons. The Morgan fingerprint density at radius 1 is 1.26 bits per heavy atom. The van der Waals surface area contributed by atoms with E-state index in [4.69, 9.17) is 5.11 Å². The quantitative estimate of drug-likeness (QED) is 0.822. The summed E-state index contributed by atoms with van der Waals surface area (Å²) in [7, 11) is 0. The van der Waals surface area contributed by atoms with Gasteiger partial charge in [0, 0.05) is 17.5 Å². The lowest BCUT2D eigenvalue weighted by atomic mass is 10.1. The fourth-order valence-corrected chi connectivity index (χ4v) is 2.30. The maximum absolute atomic E-state index is 12.2. The van der Waals surface area contributed by atoms with Crippen LogP contribution in [0.2, 0.25) is 0 Å². The Morgan fingerprint density at radius 2 is 1.96 bits per heavy atom. The van der Waals surface area contributed by atoms with E-state index in [1.165, 1.54) is 0 Å². The van der Waals surface area contributed by atoms with E-state index in [-0.39, 0.29) is 5.91 Å². The van der Waals surface area contributed by atoms with Crippen LogP contribution in [0.25, 0.3) is 5.69 Å². The van der Waals surface area contributed by atoms with Crippen molar-refractivity contribution >= 4 is 11.9 Å². The number of aliphatic carboxylic acids is 1. The Labute approximate surface area is 135 Å². The Bertz CT molecular complexity index is 677. The summed E-state index contributed by atoms with van der Waals surface area (Å²) in [5.74, 6) is -1.38. The third-order valence-electron chi connectivity index (χ3n) is 3.66. The Morgan fingerprint density at radius 3 is 2.48 bits per heavy atom. The first-order chi connectivity index (χ1) is 11.0. The number of amides is 1. The molecule has 0 aliphatic heterocycles. The number of rotatable bonds is 7. The minimum Gasteiger partial charge on any atom is -0.480 e. The summed E-state index contributed by atoms with van der Waals surface area (Å²) in [5.41, 5.74) is 2.28. The van der Waals surface area contributed by atoms with Crippen LogP contribution in [-0.4, -0.2) is 32.8 Å². The van der Waals surface area contributed by atoms with Gasteiger partial charge in [-0.2, -0.15) is 5.10 Å². The molecular weight excluding hydrogens is 294 g/mol. The standard InChI is InChI=1S/C17H21N3O3/c1-3-4-5-15(17(22)23)19-16(21)13-6-8-14(9-7-13)20-12(2)10-11-18-20/h6-11,15H,3-5H2,1-2H3,(H,19,21)(H,22,23)/t15-/m0/s1. The fraction of sp³-hybridized carbons (Fsp3) is 0.353. The fourth-order valence-electron chi connectivity index (χ4n) is 2.30. The molecule has 2 N–H and O–H groups in total. The topological polar surface area (TPSA) is 84.2 Å². The van der Waals surface area contributed by atoms with Crippen LogP contribution in [0.3, 0.4) is 0 Å². The molecule has 0 aliphatic carbocycles. The lowest BCUT2D eigenvalue weighted by Crippen LogP contribution is -2.40. The molecule has 1 amide bonds. The van der Waals surface area contributed by atoms with Crippen molar-refractivity contribution in [3.05, 3.63) is 47.8 Å². The first-order valence-corrected chi connectivity index (χ1v) is 7.67. The van der Waals surface area contributed by atoms with E-state index in [1.54, 1.807) is 35.1 Å². The molecule has 23 heavy (non-hydrogen) atoms. The summed E-state index contributed by atoms with van der Waals surface area (Å²) in [5, 5.41) is 15.9. The first-order valence-electron chi connectivity index (χ1n) is 7.67. The zero-order valence-corrected chi connectivity index (χ0v) is 13.3. The molecule has 6 nitrogen and oxygen atoms in total. The molecule has 2 rings (SSSR count). The summed E-state index contributed by atoms with van der Waals surface area (Å²) in [4.78, 5) is 23.4. The van der Waals surface area contributed by atoms with Crippen molar-refractivity contribution in [3.8, 4) is 5.69 Å². The van der Waals surface area contributed by atoms with Gasteiger partial charge in [0.15, 0.2) is 0 Å². The van der Waals surface area contributed by atoms with Gasteiger partial charge in [-0.15, -0.1) is 0 Å². The number of carbonyl (C=O) groups is 2. The highest BCUT2D eigenvalue weighted by Crippen LogP contribution is 2.12. The van der Waals surface area contributed by atoms with Gasteiger partial charge < -0.3 is 10.4 Å². The number of carboxylic acids is 1. The molecule has 1 aromatic carbocycles. The highest BCUT2D eigenvalue weighted by atomic mass is 16.4. The van der Waals surface area contributed by atoms with Crippen molar-refractivity contribution in [2.75, 3.05) is 0 Å². The smallest absolute Gasteiger partial charge is 0.326 e. The van der Waals surface area contributed by atoms with Crippen molar-refractivity contribution in [2.24, 2.45) is 0 Å². The third kappa shape index (κ3) is 4.18. The van der Waals surface area contributed by atoms with Crippen molar-refractivity contribution in [1.29, 1.82) is 0 Å². The number of carboxylic acid groups (broad SMARTS) is 1. The van der Waals surface area contributed by atoms with Crippen LogP contribution in [0.4, 0.5) is 0 Å². The van der Waals surface area contributed by atoms with Crippen molar-refractivity contribution in [1.82, 2.24) is 15.1 Å². The summed E-state index contributed by atoms with van der Waals surface area (Å²) in [6.07, 6.45) is 3.79. The van der Waals surface area contributed by atoms with Gasteiger partial charge in [-0.1, -0.05) is 19.8 Å². The molecule has 0 bridgehead atoms. The predicted molar refractivity (Wildman–Crippen MR) is 86.7 cm³/mol. The number of aromatic nitrogens is 2. The average molecular weight is 315 g/mol. The van der Waals surface area contributed by atoms with Gasteiger partial charge >= 0.3 is 5.97 Å². The van der Waals surface area contributed by atoms with Crippen LogP contribution in [0.1, 0.15) is 42.2 Å². The first kappa shape index (κ1) is 16.7. The molecule has 0 fully saturated rings. The molecule has 0 unspecified atom stereocenters. The minimum absolute atomic E-state index is 0.378. The van der Waals surface area contributed by atoms with Gasteiger partial charge in [-0.05, 0) is 43.7 Å². The maximum Gasteiger partial charge on any atom is 0.326 e. The second kappa shape index (κ2) is 7.58. The van der Waals surface area contributed by atoms with Crippen LogP contribution in [-0.2, 0) is 4.79 Å². The van der Waals surface area contributed by atoms with E-state index in [9.17, 15) is 9.59 Å². The van der Waals surface area contributed by atoms with E-state index < -0.39 is 12.0 Å². The SMILES string of the molecule is CCCC[C@H](NC(=O)c1ccc(-n2nccc2C)cc1)C(=O)O. The highest BCUT2D eigenvalue weighted by molar-refractivity contribution is 5.96. The number of benzene rings is 1. The molecule has 1 atom stereocenters. The molecule has 0 spiro atoms. The van der Waals surface area contributed by atoms with E-state index >= 15 is 0 Å². The van der Waals surface area contributed by atoms with Gasteiger partial charge in [0.2, 0.25) is 0 Å². The Balaban J connectivity index is 2.08. The molecule has 0 saturated carbocycles. The maximum atomic E-state index is 12.2. The second-order valence-electron chi connectivity index (χ2n) is 5.44. The van der Waals surface area contributed by atoms with Gasteiger partial charge in [0.05, 0.1) is 5.69 Å². The normalized spacial score (nSPS) is 11.9. The van der Waals surface area contributed by atoms with Gasteiger partial charge in [0.25, 0.3) is 5.91 Å². The summed E-state index contributed by atoms with van der Waals surface area (Å²) in [6.45, 7) is 3.93. The van der Waals surface area contributed by atoms with E-state index in [1.807, 2.05) is 19.9 Å². The second-order valence-corrected chi connectivity index (χ2v) is 5.44. The number of hydrogen-bond donors (Lipinski definition) is 2. The molecule has 0 saturated heterocycles. The Kier molecular flexibility index (Phi) is 5.51. The zero-order valence-electron chi connectivity index (χ0n) is 13.3. The highest BCUT2D eigenvalue weighted by Gasteiger charge is 2.19. The average Bonchev–Trinajstić information content (AvgIpc) is 2.97. The van der Waals surface area contributed by atoms with Crippen LogP contribution in [0, 0.1) is 6.92 Å². The number of unbranched alkanes of at least 4 members (excludes halogenated alkanes) is 1. The molecule has 2 aromatic rings. The summed E-state index contributed by atoms with van der Waals surface area (Å²) >= 11 is 0. The largest absolute Gasteiger partial charge is 0.480 e. The number of carbonyl (C=O) groups excluding carboxylic acids is 1. The van der Waals surface area contributed by atoms with Crippen LogP contribution >= 0.6 is 0 Å². The van der Waals surface area contributed by atoms with Gasteiger partial charge in [-0.25, -0.2) is 9.48 Å². The number of aryl methyl sites for hydroxylation is 1. The summed E-state index contributed by atoms with van der Waals surface area (Å²) in [6, 6.07) is 7.96. The van der Waals surface area contributed by atoms with Crippen LogP contribution in [0.15, 0.2) is 36.5 Å². The number of hydrogen-bond acceptors (Lipinski definition) is 3. The molecular formula is C17H21N3O3. The lowest BCUT2D eigenvalue weighted by Gasteiger charge is -2.14. The molecule has 0 radical (unpaired) electrons. The van der Waals surface area contributed by atoms with E-state index in [0.717, 1.165) is 24.2 Å². The molecule has 6 heteroatoms. The third-order valence-corrected chi connectivity index (χ3v) is 3.66. The minimum atomic E-state index is -1.00. The van der Waals surface area contributed by atoms with Crippen molar-refractivity contribution in [3.63, 3.8) is 0 Å². The Hall–Kier alpha value is -2.63. The molecule has 0 aliphatic rings. The molecule has 1 aromatic heterocycles. The zero-order chi connectivity index (χ0) is 16.8. The van der Waals surface area contributed by atoms with Crippen LogP contribution < -0.4 is 5.32 Å².